The largest absolute Gasteiger partial charge is 0.417 e. The van der Waals surface area contributed by atoms with E-state index in [1.807, 2.05) is 0 Å². The second-order valence-electron chi connectivity index (χ2n) is 4.95. The number of hydrogen-bond acceptors (Lipinski definition) is 3. The molecule has 3 rings (SSSR count). The van der Waals surface area contributed by atoms with Gasteiger partial charge in [0.25, 0.3) is 5.91 Å². The highest BCUT2D eigenvalue weighted by molar-refractivity contribution is 5.94. The van der Waals surface area contributed by atoms with Gasteiger partial charge < -0.3 is 5.32 Å². The minimum absolute atomic E-state index is 0.0970. The van der Waals surface area contributed by atoms with Gasteiger partial charge in [-0.05, 0) is 30.3 Å². The van der Waals surface area contributed by atoms with E-state index in [4.69, 9.17) is 0 Å². The van der Waals surface area contributed by atoms with Crippen LogP contribution in [-0.4, -0.2) is 20.5 Å². The van der Waals surface area contributed by atoms with Crippen molar-refractivity contribution >= 4 is 11.6 Å². The number of carbonyl (C=O) groups is 1. The number of halogens is 4. The number of pyridine rings is 1. The molecule has 124 valence electrons. The van der Waals surface area contributed by atoms with Gasteiger partial charge in [0.2, 0.25) is 0 Å². The Morgan fingerprint density at radius 3 is 2.67 bits per heavy atom. The Balaban J connectivity index is 1.81. The van der Waals surface area contributed by atoms with Gasteiger partial charge in [0.15, 0.2) is 11.5 Å². The van der Waals surface area contributed by atoms with Crippen molar-refractivity contribution in [2.75, 3.05) is 0 Å². The van der Waals surface area contributed by atoms with Crippen molar-refractivity contribution in [1.82, 2.24) is 19.9 Å². The minimum atomic E-state index is -4.50. The molecule has 0 spiro atoms. The van der Waals surface area contributed by atoms with Crippen molar-refractivity contribution in [2.45, 2.75) is 12.7 Å². The first-order valence-corrected chi connectivity index (χ1v) is 6.79. The van der Waals surface area contributed by atoms with Crippen molar-refractivity contribution in [3.05, 3.63) is 65.4 Å². The fourth-order valence-electron chi connectivity index (χ4n) is 2.12. The molecule has 1 N–H and O–H groups in total. The molecule has 0 radical (unpaired) electrons. The Labute approximate surface area is 132 Å². The van der Waals surface area contributed by atoms with Crippen LogP contribution < -0.4 is 5.32 Å². The summed E-state index contributed by atoms with van der Waals surface area (Å²) in [6, 6.07) is 7.14. The van der Waals surface area contributed by atoms with Crippen LogP contribution in [0.25, 0.3) is 5.65 Å². The number of fused-ring (bicyclic) bond motifs is 1. The van der Waals surface area contributed by atoms with Gasteiger partial charge in [0.1, 0.15) is 5.82 Å². The van der Waals surface area contributed by atoms with E-state index in [1.165, 1.54) is 24.3 Å². The second-order valence-corrected chi connectivity index (χ2v) is 4.95. The lowest BCUT2D eigenvalue weighted by Gasteiger charge is -2.08. The third-order valence-electron chi connectivity index (χ3n) is 3.29. The van der Waals surface area contributed by atoms with E-state index in [2.05, 4.69) is 15.5 Å². The Morgan fingerprint density at radius 1 is 1.17 bits per heavy atom. The first kappa shape index (κ1) is 15.9. The van der Waals surface area contributed by atoms with E-state index in [1.54, 1.807) is 0 Å². The molecule has 0 unspecified atom stereocenters. The Morgan fingerprint density at radius 2 is 1.96 bits per heavy atom. The molecule has 2 heterocycles. The zero-order valence-electron chi connectivity index (χ0n) is 12.0. The van der Waals surface area contributed by atoms with E-state index in [9.17, 15) is 22.4 Å². The lowest BCUT2D eigenvalue weighted by Crippen LogP contribution is -2.24. The van der Waals surface area contributed by atoms with Crippen LogP contribution in [-0.2, 0) is 12.7 Å². The molecule has 0 fully saturated rings. The van der Waals surface area contributed by atoms with Crippen LogP contribution in [0.15, 0.2) is 42.6 Å². The van der Waals surface area contributed by atoms with Gasteiger partial charge in [-0.2, -0.15) is 13.2 Å². The maximum Gasteiger partial charge on any atom is 0.417 e. The van der Waals surface area contributed by atoms with Crippen molar-refractivity contribution in [1.29, 1.82) is 0 Å². The smallest absolute Gasteiger partial charge is 0.345 e. The summed E-state index contributed by atoms with van der Waals surface area (Å²) in [4.78, 5) is 11.9. The Kier molecular flexibility index (Phi) is 3.92. The second kappa shape index (κ2) is 5.91. The first-order valence-electron chi connectivity index (χ1n) is 6.79. The summed E-state index contributed by atoms with van der Waals surface area (Å²) in [5.74, 6) is -1.01. The molecule has 9 heteroatoms. The summed E-state index contributed by atoms with van der Waals surface area (Å²) >= 11 is 0. The van der Waals surface area contributed by atoms with Gasteiger partial charge in [0.05, 0.1) is 12.1 Å². The number of rotatable bonds is 3. The van der Waals surface area contributed by atoms with Crippen molar-refractivity contribution < 1.29 is 22.4 Å². The number of alkyl halides is 3. The van der Waals surface area contributed by atoms with E-state index < -0.39 is 23.5 Å². The van der Waals surface area contributed by atoms with Crippen LogP contribution in [0.3, 0.4) is 0 Å². The van der Waals surface area contributed by atoms with E-state index in [0.29, 0.717) is 0 Å². The van der Waals surface area contributed by atoms with Gasteiger partial charge in [-0.3, -0.25) is 9.20 Å². The molecule has 0 aliphatic heterocycles. The molecule has 0 aliphatic rings. The maximum absolute atomic E-state index is 13.1. The fourth-order valence-corrected chi connectivity index (χ4v) is 2.12. The molecule has 0 aliphatic carbocycles. The highest BCUT2D eigenvalue weighted by Gasteiger charge is 2.31. The van der Waals surface area contributed by atoms with Crippen molar-refractivity contribution in [2.24, 2.45) is 0 Å². The fraction of sp³-hybridized carbons (Fsp3) is 0.133. The van der Waals surface area contributed by atoms with E-state index >= 15 is 0 Å². The number of carbonyl (C=O) groups excluding carboxylic acids is 1. The SMILES string of the molecule is O=C(NCc1nnc2ccc(C(F)(F)F)cn12)c1cccc(F)c1. The minimum Gasteiger partial charge on any atom is -0.345 e. The molecule has 1 aromatic carbocycles. The molecular formula is C15H10F4N4O. The zero-order valence-corrected chi connectivity index (χ0v) is 12.0. The topological polar surface area (TPSA) is 59.3 Å². The van der Waals surface area contributed by atoms with Crippen LogP contribution >= 0.6 is 0 Å². The summed E-state index contributed by atoms with van der Waals surface area (Å²) < 4.78 is 52.5. The number of nitrogens with one attached hydrogen (secondary N) is 1. The average Bonchev–Trinajstić information content (AvgIpc) is 2.94. The standard InChI is InChI=1S/C15H10F4N4O/c16-11-3-1-2-9(6-11)14(24)20-7-13-22-21-12-5-4-10(8-23(12)13)15(17,18)19/h1-6,8H,7H2,(H,20,24). The molecule has 0 saturated heterocycles. The highest BCUT2D eigenvalue weighted by Crippen LogP contribution is 2.29. The average molecular weight is 338 g/mol. The zero-order chi connectivity index (χ0) is 17.3. The van der Waals surface area contributed by atoms with Gasteiger partial charge in [-0.15, -0.1) is 10.2 Å². The third-order valence-corrected chi connectivity index (χ3v) is 3.29. The lowest BCUT2D eigenvalue weighted by molar-refractivity contribution is -0.137. The highest BCUT2D eigenvalue weighted by atomic mass is 19.4. The van der Waals surface area contributed by atoms with Crippen molar-refractivity contribution in [3.8, 4) is 0 Å². The molecular weight excluding hydrogens is 328 g/mol. The number of aromatic nitrogens is 3. The quantitative estimate of drug-likeness (QED) is 0.747. The van der Waals surface area contributed by atoms with Gasteiger partial charge in [-0.25, -0.2) is 4.39 Å². The number of nitrogens with zero attached hydrogens (tertiary/aromatic N) is 3. The van der Waals surface area contributed by atoms with Gasteiger partial charge >= 0.3 is 6.18 Å². The van der Waals surface area contributed by atoms with Gasteiger partial charge in [0, 0.05) is 11.8 Å². The summed E-state index contributed by atoms with van der Waals surface area (Å²) in [5, 5.41) is 9.97. The van der Waals surface area contributed by atoms with Crippen molar-refractivity contribution in [3.63, 3.8) is 0 Å². The summed E-state index contributed by atoms with van der Waals surface area (Å²) in [5.41, 5.74) is -0.537. The summed E-state index contributed by atoms with van der Waals surface area (Å²) in [6.07, 6.45) is -3.64. The summed E-state index contributed by atoms with van der Waals surface area (Å²) in [7, 11) is 0. The van der Waals surface area contributed by atoms with Gasteiger partial charge in [-0.1, -0.05) is 6.07 Å². The van der Waals surface area contributed by atoms with Crippen LogP contribution in [0.5, 0.6) is 0 Å². The molecule has 24 heavy (non-hydrogen) atoms. The predicted octanol–water partition coefficient (Wildman–Crippen LogP) is 2.82. The molecule has 2 aromatic heterocycles. The van der Waals surface area contributed by atoms with Crippen LogP contribution in [0.2, 0.25) is 0 Å². The van der Waals surface area contributed by atoms with Crippen LogP contribution in [0.4, 0.5) is 17.6 Å². The lowest BCUT2D eigenvalue weighted by atomic mass is 10.2. The number of amides is 1. The molecule has 0 saturated carbocycles. The third kappa shape index (κ3) is 3.19. The van der Waals surface area contributed by atoms with E-state index in [-0.39, 0.29) is 23.6 Å². The van der Waals surface area contributed by atoms with Crippen LogP contribution in [0, 0.1) is 5.82 Å². The first-order chi connectivity index (χ1) is 11.3. The number of benzene rings is 1. The predicted molar refractivity (Wildman–Crippen MR) is 75.6 cm³/mol. The monoisotopic (exact) mass is 338 g/mol. The summed E-state index contributed by atoms with van der Waals surface area (Å²) in [6.45, 7) is -0.155. The molecule has 3 aromatic rings. The molecule has 0 bridgehead atoms. The Bertz CT molecular complexity index is 904. The molecule has 1 amide bonds. The number of hydrogen-bond donors (Lipinski definition) is 1. The van der Waals surface area contributed by atoms with Crippen LogP contribution in [0.1, 0.15) is 21.7 Å². The Hall–Kier alpha value is -2.97. The normalized spacial score (nSPS) is 11.7. The molecule has 0 atom stereocenters. The van der Waals surface area contributed by atoms with E-state index in [0.717, 1.165) is 22.7 Å². The molecule has 5 nitrogen and oxygen atoms in total. The maximum atomic E-state index is 13.1.